The van der Waals surface area contributed by atoms with E-state index in [2.05, 4.69) is 5.32 Å². The van der Waals surface area contributed by atoms with Gasteiger partial charge >= 0.3 is 12.1 Å². The second-order valence-electron chi connectivity index (χ2n) is 4.83. The van der Waals surface area contributed by atoms with Crippen molar-refractivity contribution >= 4 is 12.1 Å². The Kier molecular flexibility index (Phi) is 6.61. The third-order valence-corrected chi connectivity index (χ3v) is 2.09. The molecule has 0 aliphatic rings. The molecular formula is C12H23NO4. The topological polar surface area (TPSA) is 64.6 Å². The van der Waals surface area contributed by atoms with Crippen molar-refractivity contribution in [2.45, 2.75) is 47.1 Å². The summed E-state index contributed by atoms with van der Waals surface area (Å²) in [6.45, 7) is 9.83. The summed E-state index contributed by atoms with van der Waals surface area (Å²) in [5.41, 5.74) is -0.419. The molecule has 0 spiro atoms. The SMILES string of the molecule is CCCOC(=O)C(NC(=O)OCC)C(C)(C)C. The number of hydrogen-bond donors (Lipinski definition) is 1. The van der Waals surface area contributed by atoms with Gasteiger partial charge in [0.1, 0.15) is 6.04 Å². The quantitative estimate of drug-likeness (QED) is 0.753. The Morgan fingerprint density at radius 2 is 1.76 bits per heavy atom. The minimum Gasteiger partial charge on any atom is -0.464 e. The van der Waals surface area contributed by atoms with Gasteiger partial charge in [0.2, 0.25) is 0 Å². The summed E-state index contributed by atoms with van der Waals surface area (Å²) in [7, 11) is 0. The Morgan fingerprint density at radius 3 is 2.18 bits per heavy atom. The smallest absolute Gasteiger partial charge is 0.407 e. The summed E-state index contributed by atoms with van der Waals surface area (Å²) in [6.07, 6.45) is 0.156. The van der Waals surface area contributed by atoms with Crippen LogP contribution in [0.4, 0.5) is 4.79 Å². The lowest BCUT2D eigenvalue weighted by molar-refractivity contribution is -0.148. The maximum Gasteiger partial charge on any atom is 0.407 e. The number of alkyl carbamates (subject to hydrolysis) is 1. The first-order valence-corrected chi connectivity index (χ1v) is 5.92. The van der Waals surface area contributed by atoms with Crippen molar-refractivity contribution in [3.05, 3.63) is 0 Å². The second kappa shape index (κ2) is 7.14. The van der Waals surface area contributed by atoms with Crippen LogP contribution in [0.3, 0.4) is 0 Å². The summed E-state index contributed by atoms with van der Waals surface area (Å²) in [6, 6.07) is -0.701. The van der Waals surface area contributed by atoms with E-state index in [-0.39, 0.29) is 6.61 Å². The molecule has 0 aliphatic heterocycles. The van der Waals surface area contributed by atoms with E-state index in [0.717, 1.165) is 6.42 Å². The van der Waals surface area contributed by atoms with Gasteiger partial charge in [-0.3, -0.25) is 0 Å². The zero-order valence-electron chi connectivity index (χ0n) is 11.3. The fourth-order valence-corrected chi connectivity index (χ4v) is 1.21. The molecule has 1 atom stereocenters. The highest BCUT2D eigenvalue weighted by molar-refractivity contribution is 5.82. The van der Waals surface area contributed by atoms with Crippen LogP contribution in [0, 0.1) is 5.41 Å². The fourth-order valence-electron chi connectivity index (χ4n) is 1.21. The molecule has 0 heterocycles. The molecule has 1 N–H and O–H groups in total. The van der Waals surface area contributed by atoms with Crippen LogP contribution in [0.5, 0.6) is 0 Å². The van der Waals surface area contributed by atoms with E-state index in [1.807, 2.05) is 27.7 Å². The summed E-state index contributed by atoms with van der Waals surface area (Å²) in [4.78, 5) is 23.1. The van der Waals surface area contributed by atoms with E-state index in [0.29, 0.717) is 6.61 Å². The van der Waals surface area contributed by atoms with Gasteiger partial charge in [0, 0.05) is 0 Å². The predicted octanol–water partition coefficient (Wildman–Crippen LogP) is 2.10. The summed E-state index contributed by atoms with van der Waals surface area (Å²) < 4.78 is 9.81. The zero-order valence-corrected chi connectivity index (χ0v) is 11.3. The van der Waals surface area contributed by atoms with Crippen molar-refractivity contribution in [1.82, 2.24) is 5.32 Å². The predicted molar refractivity (Wildman–Crippen MR) is 64.7 cm³/mol. The maximum atomic E-state index is 11.8. The van der Waals surface area contributed by atoms with Gasteiger partial charge < -0.3 is 14.8 Å². The van der Waals surface area contributed by atoms with Gasteiger partial charge in [-0.2, -0.15) is 0 Å². The van der Waals surface area contributed by atoms with Gasteiger partial charge in [0.25, 0.3) is 0 Å². The van der Waals surface area contributed by atoms with Gasteiger partial charge in [-0.15, -0.1) is 0 Å². The third kappa shape index (κ3) is 6.14. The lowest BCUT2D eigenvalue weighted by Gasteiger charge is -2.29. The van der Waals surface area contributed by atoms with E-state index in [1.165, 1.54) is 0 Å². The molecule has 17 heavy (non-hydrogen) atoms. The van der Waals surface area contributed by atoms with Crippen LogP contribution in [-0.4, -0.2) is 31.3 Å². The molecular weight excluding hydrogens is 222 g/mol. The van der Waals surface area contributed by atoms with Crippen LogP contribution in [-0.2, 0) is 14.3 Å². The highest BCUT2D eigenvalue weighted by Crippen LogP contribution is 2.20. The normalized spacial score (nSPS) is 12.8. The van der Waals surface area contributed by atoms with Crippen molar-refractivity contribution in [2.24, 2.45) is 5.41 Å². The molecule has 0 aromatic heterocycles. The van der Waals surface area contributed by atoms with Crippen molar-refractivity contribution in [2.75, 3.05) is 13.2 Å². The number of rotatable bonds is 5. The number of carbonyl (C=O) groups excluding carboxylic acids is 2. The number of amides is 1. The summed E-state index contributed by atoms with van der Waals surface area (Å²) in [5, 5.41) is 2.53. The minimum atomic E-state index is -0.701. The lowest BCUT2D eigenvalue weighted by atomic mass is 9.87. The molecule has 1 unspecified atom stereocenters. The molecule has 0 aromatic carbocycles. The fraction of sp³-hybridized carbons (Fsp3) is 0.833. The van der Waals surface area contributed by atoms with E-state index in [1.54, 1.807) is 6.92 Å². The summed E-state index contributed by atoms with van der Waals surface area (Å²) >= 11 is 0. The molecule has 0 radical (unpaired) electrons. The van der Waals surface area contributed by atoms with Gasteiger partial charge in [0.05, 0.1) is 13.2 Å². The highest BCUT2D eigenvalue weighted by Gasteiger charge is 2.34. The first-order valence-electron chi connectivity index (χ1n) is 5.92. The zero-order chi connectivity index (χ0) is 13.5. The van der Waals surface area contributed by atoms with Crippen molar-refractivity contribution in [3.8, 4) is 0 Å². The molecule has 5 heteroatoms. The molecule has 100 valence electrons. The molecule has 0 saturated carbocycles. The van der Waals surface area contributed by atoms with E-state index in [4.69, 9.17) is 9.47 Å². The Labute approximate surface area is 103 Å². The number of ether oxygens (including phenoxy) is 2. The molecule has 0 rings (SSSR count). The standard InChI is InChI=1S/C12H23NO4/c1-6-8-17-10(14)9(12(3,4)5)13-11(15)16-7-2/h9H,6-8H2,1-5H3,(H,13,15). The third-order valence-electron chi connectivity index (χ3n) is 2.09. The number of esters is 1. The molecule has 0 aromatic rings. The van der Waals surface area contributed by atoms with Gasteiger partial charge in [-0.1, -0.05) is 27.7 Å². The Hall–Kier alpha value is -1.26. The Balaban J connectivity index is 4.54. The number of hydrogen-bond acceptors (Lipinski definition) is 4. The van der Waals surface area contributed by atoms with Crippen molar-refractivity contribution < 1.29 is 19.1 Å². The van der Waals surface area contributed by atoms with Crippen molar-refractivity contribution in [3.63, 3.8) is 0 Å². The average molecular weight is 245 g/mol. The first-order chi connectivity index (χ1) is 7.82. The average Bonchev–Trinajstić information content (AvgIpc) is 2.21. The monoisotopic (exact) mass is 245 g/mol. The van der Waals surface area contributed by atoms with Gasteiger partial charge in [-0.25, -0.2) is 9.59 Å². The van der Waals surface area contributed by atoms with Crippen LogP contribution in [0.1, 0.15) is 41.0 Å². The van der Waals surface area contributed by atoms with Gasteiger partial charge in [0.15, 0.2) is 0 Å². The lowest BCUT2D eigenvalue weighted by Crippen LogP contribution is -2.50. The van der Waals surface area contributed by atoms with E-state index in [9.17, 15) is 9.59 Å². The van der Waals surface area contributed by atoms with Crippen LogP contribution in [0.2, 0.25) is 0 Å². The van der Waals surface area contributed by atoms with Crippen LogP contribution in [0.25, 0.3) is 0 Å². The molecule has 5 nitrogen and oxygen atoms in total. The van der Waals surface area contributed by atoms with Crippen LogP contribution >= 0.6 is 0 Å². The molecule has 1 amide bonds. The molecule has 0 fully saturated rings. The Morgan fingerprint density at radius 1 is 1.18 bits per heavy atom. The van der Waals surface area contributed by atoms with Gasteiger partial charge in [-0.05, 0) is 18.8 Å². The molecule has 0 saturated heterocycles. The minimum absolute atomic E-state index is 0.271. The maximum absolute atomic E-state index is 11.8. The van der Waals surface area contributed by atoms with Crippen LogP contribution < -0.4 is 5.32 Å². The van der Waals surface area contributed by atoms with E-state index >= 15 is 0 Å². The first kappa shape index (κ1) is 15.7. The number of carbonyl (C=O) groups is 2. The second-order valence-corrected chi connectivity index (χ2v) is 4.83. The van der Waals surface area contributed by atoms with E-state index < -0.39 is 23.5 Å². The van der Waals surface area contributed by atoms with Crippen LogP contribution in [0.15, 0.2) is 0 Å². The largest absolute Gasteiger partial charge is 0.464 e. The molecule has 0 aliphatic carbocycles. The number of nitrogens with one attached hydrogen (secondary N) is 1. The highest BCUT2D eigenvalue weighted by atomic mass is 16.6. The molecule has 0 bridgehead atoms. The summed E-state index contributed by atoms with van der Waals surface area (Å²) in [5.74, 6) is -0.424. The van der Waals surface area contributed by atoms with Crippen molar-refractivity contribution in [1.29, 1.82) is 0 Å². The Bertz CT molecular complexity index is 258.